The van der Waals surface area contributed by atoms with Crippen molar-refractivity contribution in [2.24, 2.45) is 11.3 Å². The van der Waals surface area contributed by atoms with Gasteiger partial charge in [-0.2, -0.15) is 0 Å². The molecule has 0 radical (unpaired) electrons. The molecule has 2 fully saturated rings. The molecule has 1 amide bonds. The molecule has 0 spiro atoms. The number of carbonyl (C=O) groups is 1. The van der Waals surface area contributed by atoms with Crippen LogP contribution in [-0.4, -0.2) is 37.0 Å². The lowest BCUT2D eigenvalue weighted by atomic mass is 10.0. The van der Waals surface area contributed by atoms with Gasteiger partial charge in [0, 0.05) is 13.1 Å². The van der Waals surface area contributed by atoms with Gasteiger partial charge in [-0.1, -0.05) is 13.8 Å². The highest BCUT2D eigenvalue weighted by Crippen LogP contribution is 2.51. The molecule has 2 unspecified atom stereocenters. The second kappa shape index (κ2) is 3.78. The van der Waals surface area contributed by atoms with E-state index in [1.807, 2.05) is 7.05 Å². The van der Waals surface area contributed by atoms with Gasteiger partial charge in [-0.15, -0.1) is 0 Å². The summed E-state index contributed by atoms with van der Waals surface area (Å²) in [6, 6.07) is 0.0700. The van der Waals surface area contributed by atoms with Crippen LogP contribution in [0.3, 0.4) is 0 Å². The maximum Gasteiger partial charge on any atom is 0.239 e. The largest absolute Gasteiger partial charge is 0.341 e. The van der Waals surface area contributed by atoms with Crippen molar-refractivity contribution in [2.75, 3.05) is 20.1 Å². The lowest BCUT2D eigenvalue weighted by Gasteiger charge is -2.32. The first-order chi connectivity index (χ1) is 7.04. The van der Waals surface area contributed by atoms with Gasteiger partial charge in [-0.05, 0) is 37.6 Å². The Labute approximate surface area is 92.2 Å². The van der Waals surface area contributed by atoms with Crippen LogP contribution in [0.4, 0.5) is 0 Å². The number of nitrogens with one attached hydrogen (secondary N) is 1. The molecule has 3 nitrogen and oxygen atoms in total. The number of nitrogens with zero attached hydrogens (tertiary/aromatic N) is 1. The van der Waals surface area contributed by atoms with E-state index in [1.54, 1.807) is 0 Å². The Hall–Kier alpha value is -0.570. The fourth-order valence-electron chi connectivity index (χ4n) is 2.54. The van der Waals surface area contributed by atoms with Gasteiger partial charge in [0.15, 0.2) is 0 Å². The van der Waals surface area contributed by atoms with Gasteiger partial charge in [0.05, 0.1) is 6.04 Å². The quantitative estimate of drug-likeness (QED) is 0.760. The zero-order valence-corrected chi connectivity index (χ0v) is 10.0. The Kier molecular flexibility index (Phi) is 2.75. The smallest absolute Gasteiger partial charge is 0.239 e. The van der Waals surface area contributed by atoms with Gasteiger partial charge >= 0.3 is 0 Å². The average Bonchev–Trinajstić information content (AvgIpc) is 2.77. The molecule has 0 aromatic carbocycles. The SMILES string of the molecule is CNC1CCCN(CC2CC2(C)C)C1=O. The summed E-state index contributed by atoms with van der Waals surface area (Å²) < 4.78 is 0. The van der Waals surface area contributed by atoms with Crippen LogP contribution in [0, 0.1) is 11.3 Å². The average molecular weight is 210 g/mol. The summed E-state index contributed by atoms with van der Waals surface area (Å²) >= 11 is 0. The Morgan fingerprint density at radius 1 is 1.53 bits per heavy atom. The third-order valence-electron chi connectivity index (χ3n) is 4.04. The van der Waals surface area contributed by atoms with E-state index in [4.69, 9.17) is 0 Å². The van der Waals surface area contributed by atoms with Crippen molar-refractivity contribution < 1.29 is 4.79 Å². The predicted molar refractivity (Wildman–Crippen MR) is 60.5 cm³/mol. The molecule has 0 bridgehead atoms. The molecule has 1 saturated carbocycles. The first-order valence-electron chi connectivity index (χ1n) is 6.00. The number of piperidine rings is 1. The highest BCUT2D eigenvalue weighted by atomic mass is 16.2. The van der Waals surface area contributed by atoms with Gasteiger partial charge in [0.2, 0.25) is 5.91 Å². The van der Waals surface area contributed by atoms with Crippen molar-refractivity contribution in [2.45, 2.75) is 39.2 Å². The van der Waals surface area contributed by atoms with Crippen molar-refractivity contribution in [3.63, 3.8) is 0 Å². The summed E-state index contributed by atoms with van der Waals surface area (Å²) in [5.41, 5.74) is 0.479. The number of hydrogen-bond acceptors (Lipinski definition) is 2. The van der Waals surface area contributed by atoms with E-state index in [0.717, 1.165) is 31.8 Å². The minimum absolute atomic E-state index is 0.0700. The molecule has 1 heterocycles. The Morgan fingerprint density at radius 3 is 2.73 bits per heavy atom. The zero-order valence-electron chi connectivity index (χ0n) is 10.0. The summed E-state index contributed by atoms with van der Waals surface area (Å²) in [4.78, 5) is 14.1. The molecule has 1 saturated heterocycles. The third-order valence-corrected chi connectivity index (χ3v) is 4.04. The summed E-state index contributed by atoms with van der Waals surface area (Å²) in [5, 5.41) is 3.11. The van der Waals surface area contributed by atoms with Crippen LogP contribution in [0.1, 0.15) is 33.1 Å². The second-order valence-corrected chi connectivity index (χ2v) is 5.66. The summed E-state index contributed by atoms with van der Waals surface area (Å²) in [5.74, 6) is 1.04. The van der Waals surface area contributed by atoms with Crippen molar-refractivity contribution in [3.8, 4) is 0 Å². The molecule has 2 atom stereocenters. The Bertz CT molecular complexity index is 262. The number of hydrogen-bond donors (Lipinski definition) is 1. The van der Waals surface area contributed by atoms with Crippen LogP contribution < -0.4 is 5.32 Å². The molecule has 2 aliphatic rings. The number of carbonyl (C=O) groups excluding carboxylic acids is 1. The molecule has 15 heavy (non-hydrogen) atoms. The van der Waals surface area contributed by atoms with E-state index in [0.29, 0.717) is 11.3 Å². The molecule has 2 rings (SSSR count). The first-order valence-corrected chi connectivity index (χ1v) is 6.00. The topological polar surface area (TPSA) is 32.3 Å². The molecular weight excluding hydrogens is 188 g/mol. The molecule has 1 aliphatic heterocycles. The van der Waals surface area contributed by atoms with Crippen molar-refractivity contribution in [3.05, 3.63) is 0 Å². The minimum atomic E-state index is 0.0700. The molecule has 1 N–H and O–H groups in total. The van der Waals surface area contributed by atoms with Crippen molar-refractivity contribution in [1.29, 1.82) is 0 Å². The fourth-order valence-corrected chi connectivity index (χ4v) is 2.54. The van der Waals surface area contributed by atoms with E-state index in [2.05, 4.69) is 24.1 Å². The van der Waals surface area contributed by atoms with Gasteiger partial charge in [-0.25, -0.2) is 0 Å². The van der Waals surface area contributed by atoms with Crippen LogP contribution in [0.15, 0.2) is 0 Å². The van der Waals surface area contributed by atoms with Crippen LogP contribution in [0.25, 0.3) is 0 Å². The summed E-state index contributed by atoms with van der Waals surface area (Å²) in [6.45, 7) is 6.52. The van der Waals surface area contributed by atoms with Crippen LogP contribution in [0.2, 0.25) is 0 Å². The standard InChI is InChI=1S/C12H22N2O/c1-12(2)7-9(12)8-14-6-4-5-10(13-3)11(14)15/h9-10,13H,4-8H2,1-3H3. The second-order valence-electron chi connectivity index (χ2n) is 5.66. The van der Waals surface area contributed by atoms with E-state index >= 15 is 0 Å². The highest BCUT2D eigenvalue weighted by molar-refractivity contribution is 5.82. The lowest BCUT2D eigenvalue weighted by molar-refractivity contribution is -0.136. The van der Waals surface area contributed by atoms with Gasteiger partial charge < -0.3 is 10.2 Å². The molecule has 0 aromatic rings. The van der Waals surface area contributed by atoms with E-state index in [1.165, 1.54) is 6.42 Å². The summed E-state index contributed by atoms with van der Waals surface area (Å²) in [7, 11) is 1.88. The van der Waals surface area contributed by atoms with Gasteiger partial charge in [0.1, 0.15) is 0 Å². The number of likely N-dealkylation sites (tertiary alicyclic amines) is 1. The van der Waals surface area contributed by atoms with Crippen molar-refractivity contribution in [1.82, 2.24) is 10.2 Å². The normalized spacial score (nSPS) is 34.3. The predicted octanol–water partition coefficient (Wildman–Crippen LogP) is 1.24. The van der Waals surface area contributed by atoms with E-state index in [-0.39, 0.29) is 6.04 Å². The van der Waals surface area contributed by atoms with Gasteiger partial charge in [-0.3, -0.25) is 4.79 Å². The molecule has 86 valence electrons. The summed E-state index contributed by atoms with van der Waals surface area (Å²) in [6.07, 6.45) is 3.42. The number of likely N-dealkylation sites (N-methyl/N-ethyl adjacent to an activating group) is 1. The Morgan fingerprint density at radius 2 is 2.20 bits per heavy atom. The molecular formula is C12H22N2O. The maximum absolute atomic E-state index is 12.0. The van der Waals surface area contributed by atoms with E-state index in [9.17, 15) is 4.79 Å². The first kappa shape index (κ1) is 10.9. The highest BCUT2D eigenvalue weighted by Gasteiger charge is 2.47. The zero-order chi connectivity index (χ0) is 11.1. The lowest BCUT2D eigenvalue weighted by Crippen LogP contribution is -2.50. The number of rotatable bonds is 3. The van der Waals surface area contributed by atoms with Crippen LogP contribution in [-0.2, 0) is 4.79 Å². The number of amides is 1. The maximum atomic E-state index is 12.0. The molecule has 1 aliphatic carbocycles. The van der Waals surface area contributed by atoms with Crippen LogP contribution >= 0.6 is 0 Å². The third kappa shape index (κ3) is 2.17. The van der Waals surface area contributed by atoms with Crippen molar-refractivity contribution >= 4 is 5.91 Å². The molecule has 0 aromatic heterocycles. The Balaban J connectivity index is 1.89. The van der Waals surface area contributed by atoms with E-state index < -0.39 is 0 Å². The van der Waals surface area contributed by atoms with Gasteiger partial charge in [0.25, 0.3) is 0 Å². The minimum Gasteiger partial charge on any atom is -0.341 e. The molecule has 3 heteroatoms. The monoisotopic (exact) mass is 210 g/mol. The van der Waals surface area contributed by atoms with Crippen LogP contribution in [0.5, 0.6) is 0 Å². The fraction of sp³-hybridized carbons (Fsp3) is 0.917.